The maximum atomic E-state index is 13.7. The van der Waals surface area contributed by atoms with Crippen LogP contribution in [0.5, 0.6) is 0 Å². The number of hydrogen-bond donors (Lipinski definition) is 3. The average Bonchev–Trinajstić information content (AvgIpc) is 3.33. The molecule has 1 heterocycles. The number of ether oxygens (including phenoxy) is 1. The number of nitrogens with one attached hydrogen (secondary N) is 2. The summed E-state index contributed by atoms with van der Waals surface area (Å²) >= 11 is 0. The van der Waals surface area contributed by atoms with Gasteiger partial charge in [0.1, 0.15) is 17.2 Å². The molecule has 3 rings (SSSR count). The third kappa shape index (κ3) is 7.50. The maximum absolute atomic E-state index is 13.7. The second-order valence-corrected chi connectivity index (χ2v) is 10.5. The quantitative estimate of drug-likeness (QED) is 0.472. The Hall–Kier alpha value is -2.52. The van der Waals surface area contributed by atoms with Crippen molar-refractivity contribution in [2.24, 2.45) is 5.92 Å². The average molecular weight is 480 g/mol. The zero-order chi connectivity index (χ0) is 25.1. The van der Waals surface area contributed by atoms with Crippen LogP contribution in [0.2, 0.25) is 0 Å². The van der Waals surface area contributed by atoms with Crippen LogP contribution < -0.4 is 10.6 Å². The molecular formula is C25H35F2N3O4. The van der Waals surface area contributed by atoms with Crippen molar-refractivity contribution in [2.45, 2.75) is 83.6 Å². The van der Waals surface area contributed by atoms with E-state index in [2.05, 4.69) is 29.6 Å². The highest BCUT2D eigenvalue weighted by Crippen LogP contribution is 2.45. The molecule has 0 spiro atoms. The Kier molecular flexibility index (Phi) is 7.98. The minimum Gasteiger partial charge on any atom is -0.444 e. The van der Waals surface area contributed by atoms with Gasteiger partial charge in [-0.1, -0.05) is 19.0 Å². The van der Waals surface area contributed by atoms with E-state index in [0.29, 0.717) is 11.5 Å². The zero-order valence-electron chi connectivity index (χ0n) is 20.5. The number of aliphatic hydroxyl groups is 1. The molecule has 1 fully saturated rings. The Balaban J connectivity index is 1.69. The Morgan fingerprint density at radius 1 is 1.18 bits per heavy atom. The van der Waals surface area contributed by atoms with Gasteiger partial charge in [-0.15, -0.1) is 0 Å². The molecule has 1 aromatic heterocycles. The van der Waals surface area contributed by atoms with Crippen LogP contribution in [0.1, 0.15) is 64.5 Å². The minimum atomic E-state index is -1.06. The summed E-state index contributed by atoms with van der Waals surface area (Å²) in [5, 5.41) is 21.1. The Morgan fingerprint density at radius 2 is 1.82 bits per heavy atom. The number of aliphatic hydroxyl groups excluding tert-OH is 1. The Labute approximate surface area is 199 Å². The summed E-state index contributed by atoms with van der Waals surface area (Å²) < 4.78 is 38.3. The third-order valence-corrected chi connectivity index (χ3v) is 5.59. The standard InChI is InChI=1S/C25H35F2N3O4/c1-15(2)8-19-13-22(34-30-19)25(6-7-25)28-14-21(31)20(29-23(32)33-24(3,4)5)11-16-9-17(26)12-18(27)10-16/h9-10,12-13,15,20-21,28,31H,6-8,11,14H2,1-5H3,(H,29,32). The fourth-order valence-corrected chi connectivity index (χ4v) is 3.85. The van der Waals surface area contributed by atoms with Gasteiger partial charge in [0, 0.05) is 18.7 Å². The van der Waals surface area contributed by atoms with E-state index < -0.39 is 41.0 Å². The molecule has 1 aliphatic carbocycles. The summed E-state index contributed by atoms with van der Waals surface area (Å²) in [7, 11) is 0. The van der Waals surface area contributed by atoms with E-state index in [1.165, 1.54) is 12.1 Å². The van der Waals surface area contributed by atoms with Crippen molar-refractivity contribution in [2.75, 3.05) is 6.54 Å². The van der Waals surface area contributed by atoms with E-state index in [9.17, 15) is 18.7 Å². The zero-order valence-corrected chi connectivity index (χ0v) is 20.5. The summed E-state index contributed by atoms with van der Waals surface area (Å²) in [5.41, 5.74) is 0.0504. The molecule has 1 amide bonds. The fourth-order valence-electron chi connectivity index (χ4n) is 3.85. The highest BCUT2D eigenvalue weighted by Gasteiger charge is 2.48. The van der Waals surface area contributed by atoms with Crippen LogP contribution in [0.25, 0.3) is 0 Å². The maximum Gasteiger partial charge on any atom is 0.407 e. The second-order valence-electron chi connectivity index (χ2n) is 10.5. The van der Waals surface area contributed by atoms with Gasteiger partial charge in [-0.3, -0.25) is 0 Å². The van der Waals surface area contributed by atoms with Crippen molar-refractivity contribution in [1.29, 1.82) is 0 Å². The minimum absolute atomic E-state index is 0.0185. The van der Waals surface area contributed by atoms with Crippen LogP contribution in [0.4, 0.5) is 13.6 Å². The monoisotopic (exact) mass is 479 g/mol. The van der Waals surface area contributed by atoms with Crippen molar-refractivity contribution < 1.29 is 27.9 Å². The number of amides is 1. The normalized spacial score (nSPS) is 16.9. The van der Waals surface area contributed by atoms with E-state index in [4.69, 9.17) is 9.26 Å². The molecule has 0 radical (unpaired) electrons. The van der Waals surface area contributed by atoms with Crippen molar-refractivity contribution >= 4 is 6.09 Å². The van der Waals surface area contributed by atoms with E-state index in [1.54, 1.807) is 20.8 Å². The molecule has 1 aromatic carbocycles. The van der Waals surface area contributed by atoms with E-state index in [-0.39, 0.29) is 13.0 Å². The number of hydrogen-bond acceptors (Lipinski definition) is 6. The van der Waals surface area contributed by atoms with Gasteiger partial charge >= 0.3 is 6.09 Å². The van der Waals surface area contributed by atoms with Crippen LogP contribution in [-0.2, 0) is 23.1 Å². The summed E-state index contributed by atoms with van der Waals surface area (Å²) in [5.74, 6) is -0.273. The molecule has 0 bridgehead atoms. The van der Waals surface area contributed by atoms with Crippen molar-refractivity contribution in [3.05, 3.63) is 52.9 Å². The van der Waals surface area contributed by atoms with Gasteiger partial charge in [-0.05, 0) is 70.1 Å². The topological polar surface area (TPSA) is 96.6 Å². The lowest BCUT2D eigenvalue weighted by atomic mass is 10.00. The lowest BCUT2D eigenvalue weighted by Crippen LogP contribution is -2.51. The van der Waals surface area contributed by atoms with Crippen LogP contribution in [0.15, 0.2) is 28.8 Å². The Morgan fingerprint density at radius 3 is 2.38 bits per heavy atom. The molecule has 1 saturated carbocycles. The molecule has 0 aliphatic heterocycles. The number of benzene rings is 1. The molecule has 2 atom stereocenters. The number of carbonyl (C=O) groups excluding carboxylic acids is 1. The van der Waals surface area contributed by atoms with Crippen LogP contribution in [-0.4, -0.2) is 40.6 Å². The molecule has 2 unspecified atom stereocenters. The largest absolute Gasteiger partial charge is 0.444 e. The molecule has 9 heteroatoms. The first-order chi connectivity index (χ1) is 15.8. The number of rotatable bonds is 10. The third-order valence-electron chi connectivity index (χ3n) is 5.59. The first-order valence-corrected chi connectivity index (χ1v) is 11.7. The molecule has 34 heavy (non-hydrogen) atoms. The molecular weight excluding hydrogens is 444 g/mol. The number of aromatic nitrogens is 1. The number of alkyl carbamates (subject to hydrolysis) is 1. The van der Waals surface area contributed by atoms with Gasteiger partial charge in [-0.2, -0.15) is 0 Å². The molecule has 188 valence electrons. The van der Waals surface area contributed by atoms with Crippen LogP contribution >= 0.6 is 0 Å². The number of halogens is 2. The summed E-state index contributed by atoms with van der Waals surface area (Å²) in [6.45, 7) is 9.52. The lowest BCUT2D eigenvalue weighted by molar-refractivity contribution is 0.0417. The summed E-state index contributed by atoms with van der Waals surface area (Å²) in [6.07, 6.45) is 0.709. The first-order valence-electron chi connectivity index (χ1n) is 11.7. The van der Waals surface area contributed by atoms with E-state index in [0.717, 1.165) is 36.8 Å². The molecule has 7 nitrogen and oxygen atoms in total. The van der Waals surface area contributed by atoms with E-state index >= 15 is 0 Å². The van der Waals surface area contributed by atoms with Gasteiger partial charge in [0.25, 0.3) is 0 Å². The summed E-state index contributed by atoms with van der Waals surface area (Å²) in [6, 6.07) is 4.24. The fraction of sp³-hybridized carbons (Fsp3) is 0.600. The number of nitrogens with zero attached hydrogens (tertiary/aromatic N) is 1. The molecule has 2 aromatic rings. The number of carbonyl (C=O) groups is 1. The van der Waals surface area contributed by atoms with Crippen molar-refractivity contribution in [3.8, 4) is 0 Å². The summed E-state index contributed by atoms with van der Waals surface area (Å²) in [4.78, 5) is 12.4. The smallest absolute Gasteiger partial charge is 0.407 e. The van der Waals surface area contributed by atoms with Gasteiger partial charge in [-0.25, -0.2) is 13.6 Å². The first kappa shape index (κ1) is 26.1. The van der Waals surface area contributed by atoms with Crippen molar-refractivity contribution in [1.82, 2.24) is 15.8 Å². The van der Waals surface area contributed by atoms with Gasteiger partial charge < -0.3 is 25.0 Å². The molecule has 3 N–H and O–H groups in total. The molecule has 1 aliphatic rings. The van der Waals surface area contributed by atoms with Crippen LogP contribution in [0, 0.1) is 17.6 Å². The predicted octanol–water partition coefficient (Wildman–Crippen LogP) is 4.23. The van der Waals surface area contributed by atoms with Gasteiger partial charge in [0.15, 0.2) is 5.76 Å². The second kappa shape index (κ2) is 10.4. The SMILES string of the molecule is CC(C)Cc1cc(C2(NCC(O)C(Cc3cc(F)cc(F)c3)NC(=O)OC(C)(C)C)CC2)on1. The molecule has 0 saturated heterocycles. The van der Waals surface area contributed by atoms with Gasteiger partial charge in [0.05, 0.1) is 23.4 Å². The van der Waals surface area contributed by atoms with Gasteiger partial charge in [0.2, 0.25) is 0 Å². The highest BCUT2D eigenvalue weighted by atomic mass is 19.1. The predicted molar refractivity (Wildman–Crippen MR) is 123 cm³/mol. The van der Waals surface area contributed by atoms with Crippen molar-refractivity contribution in [3.63, 3.8) is 0 Å². The van der Waals surface area contributed by atoms with Crippen LogP contribution in [0.3, 0.4) is 0 Å². The lowest BCUT2D eigenvalue weighted by Gasteiger charge is -2.28. The Bertz CT molecular complexity index is 963. The van der Waals surface area contributed by atoms with E-state index in [1.807, 2.05) is 6.07 Å². The highest BCUT2D eigenvalue weighted by molar-refractivity contribution is 5.68.